The number of nitrogens with two attached hydrogens (primary N) is 1. The molecule has 1 aromatic carbocycles. The quantitative estimate of drug-likeness (QED) is 0.606. The Balaban J connectivity index is 2.85. The van der Waals surface area contributed by atoms with Crippen LogP contribution in [0.15, 0.2) is 29.2 Å². The Morgan fingerprint density at radius 1 is 1.50 bits per heavy atom. The van der Waals surface area contributed by atoms with Gasteiger partial charge in [0.25, 0.3) is 0 Å². The summed E-state index contributed by atoms with van der Waals surface area (Å²) in [6, 6.07) is 7.36. The highest BCUT2D eigenvalue weighted by Crippen LogP contribution is 2.22. The maximum Gasteiger partial charge on any atom is 0.338 e. The van der Waals surface area contributed by atoms with Crippen molar-refractivity contribution in [3.8, 4) is 0 Å². The third-order valence-corrected chi connectivity index (χ3v) is 2.77. The summed E-state index contributed by atoms with van der Waals surface area (Å²) in [6.45, 7) is 0.597. The smallest absolute Gasteiger partial charge is 0.338 e. The minimum atomic E-state index is -0.301. The molecule has 0 aliphatic rings. The predicted octanol–water partition coefficient (Wildman–Crippen LogP) is 1.52. The van der Waals surface area contributed by atoms with Crippen molar-refractivity contribution in [1.82, 2.24) is 0 Å². The van der Waals surface area contributed by atoms with E-state index in [0.717, 1.165) is 10.6 Å². The van der Waals surface area contributed by atoms with E-state index in [4.69, 9.17) is 5.73 Å². The summed E-state index contributed by atoms with van der Waals surface area (Å²) in [6.07, 6.45) is 0. The Morgan fingerprint density at radius 2 is 2.21 bits per heavy atom. The van der Waals surface area contributed by atoms with Gasteiger partial charge >= 0.3 is 5.97 Å². The molecule has 0 amide bonds. The predicted molar refractivity (Wildman–Crippen MR) is 57.6 cm³/mol. The highest BCUT2D eigenvalue weighted by molar-refractivity contribution is 7.99. The molecule has 76 valence electrons. The van der Waals surface area contributed by atoms with E-state index in [1.165, 1.54) is 7.11 Å². The van der Waals surface area contributed by atoms with Crippen LogP contribution in [0.1, 0.15) is 10.4 Å². The molecule has 0 aliphatic heterocycles. The first-order valence-corrected chi connectivity index (χ1v) is 5.28. The number of carbonyl (C=O) groups is 1. The minimum absolute atomic E-state index is 0.301. The lowest BCUT2D eigenvalue weighted by Gasteiger charge is -2.05. The molecule has 0 aromatic heterocycles. The lowest BCUT2D eigenvalue weighted by atomic mass is 10.2. The summed E-state index contributed by atoms with van der Waals surface area (Å²) >= 11 is 1.56. The van der Waals surface area contributed by atoms with Crippen LogP contribution in [0.2, 0.25) is 0 Å². The lowest BCUT2D eigenvalue weighted by Crippen LogP contribution is -2.05. The van der Waals surface area contributed by atoms with Crippen LogP contribution >= 0.6 is 11.8 Å². The standard InChI is InChI=1S/C10H13NO2S/c1-13-10(12)8-4-2-3-5-9(8)14-7-6-11/h2-5H,6-7,11H2,1H3. The monoisotopic (exact) mass is 211 g/mol. The van der Waals surface area contributed by atoms with Crippen LogP contribution < -0.4 is 5.73 Å². The minimum Gasteiger partial charge on any atom is -0.465 e. The highest BCUT2D eigenvalue weighted by Gasteiger charge is 2.10. The molecule has 0 bridgehead atoms. The van der Waals surface area contributed by atoms with Crippen molar-refractivity contribution in [1.29, 1.82) is 0 Å². The average Bonchev–Trinajstić information content (AvgIpc) is 2.25. The van der Waals surface area contributed by atoms with E-state index < -0.39 is 0 Å². The number of thioether (sulfide) groups is 1. The van der Waals surface area contributed by atoms with Gasteiger partial charge in [0.05, 0.1) is 12.7 Å². The zero-order chi connectivity index (χ0) is 10.4. The van der Waals surface area contributed by atoms with Gasteiger partial charge in [0, 0.05) is 17.2 Å². The van der Waals surface area contributed by atoms with Crippen LogP contribution in [0.5, 0.6) is 0 Å². The third-order valence-electron chi connectivity index (χ3n) is 1.67. The van der Waals surface area contributed by atoms with Crippen molar-refractivity contribution in [2.75, 3.05) is 19.4 Å². The van der Waals surface area contributed by atoms with Crippen LogP contribution in [0.3, 0.4) is 0 Å². The lowest BCUT2D eigenvalue weighted by molar-refractivity contribution is 0.0597. The van der Waals surface area contributed by atoms with Gasteiger partial charge in [-0.3, -0.25) is 0 Å². The first-order chi connectivity index (χ1) is 6.79. The van der Waals surface area contributed by atoms with Crippen molar-refractivity contribution >= 4 is 17.7 Å². The zero-order valence-electron chi connectivity index (χ0n) is 8.03. The maximum absolute atomic E-state index is 11.3. The van der Waals surface area contributed by atoms with Crippen molar-refractivity contribution in [2.45, 2.75) is 4.90 Å². The van der Waals surface area contributed by atoms with E-state index in [1.54, 1.807) is 17.8 Å². The van der Waals surface area contributed by atoms with Crippen molar-refractivity contribution in [3.63, 3.8) is 0 Å². The fourth-order valence-corrected chi connectivity index (χ4v) is 1.86. The van der Waals surface area contributed by atoms with Gasteiger partial charge in [-0.25, -0.2) is 4.79 Å². The van der Waals surface area contributed by atoms with Crippen molar-refractivity contribution in [3.05, 3.63) is 29.8 Å². The molecule has 0 saturated carbocycles. The van der Waals surface area contributed by atoms with Crippen LogP contribution in [0, 0.1) is 0 Å². The Bertz CT molecular complexity index is 315. The van der Waals surface area contributed by atoms with Crippen LogP contribution in [0.25, 0.3) is 0 Å². The zero-order valence-corrected chi connectivity index (χ0v) is 8.84. The second-order valence-electron chi connectivity index (χ2n) is 2.62. The molecule has 2 N–H and O–H groups in total. The number of carbonyl (C=O) groups excluding carboxylic acids is 1. The molecule has 0 aliphatic carbocycles. The summed E-state index contributed by atoms with van der Waals surface area (Å²) in [7, 11) is 1.38. The number of hydrogen-bond donors (Lipinski definition) is 1. The van der Waals surface area contributed by atoms with E-state index in [9.17, 15) is 4.79 Å². The van der Waals surface area contributed by atoms with Gasteiger partial charge in [0.15, 0.2) is 0 Å². The topological polar surface area (TPSA) is 52.3 Å². The first kappa shape index (κ1) is 11.1. The number of methoxy groups -OCH3 is 1. The molecule has 0 spiro atoms. The normalized spacial score (nSPS) is 9.86. The Morgan fingerprint density at radius 3 is 2.86 bits per heavy atom. The van der Waals surface area contributed by atoms with E-state index in [2.05, 4.69) is 4.74 Å². The average molecular weight is 211 g/mol. The van der Waals surface area contributed by atoms with Crippen molar-refractivity contribution in [2.24, 2.45) is 5.73 Å². The number of rotatable bonds is 4. The SMILES string of the molecule is COC(=O)c1ccccc1SCCN. The van der Waals surface area contributed by atoms with E-state index in [-0.39, 0.29) is 5.97 Å². The maximum atomic E-state index is 11.3. The number of hydrogen-bond acceptors (Lipinski definition) is 4. The number of ether oxygens (including phenoxy) is 1. The van der Waals surface area contributed by atoms with Gasteiger partial charge in [-0.15, -0.1) is 11.8 Å². The van der Waals surface area contributed by atoms with Gasteiger partial charge in [0.1, 0.15) is 0 Å². The molecular formula is C10H13NO2S. The molecule has 0 fully saturated rings. The summed E-state index contributed by atoms with van der Waals surface area (Å²) < 4.78 is 4.67. The molecule has 0 radical (unpaired) electrons. The van der Waals surface area contributed by atoms with E-state index >= 15 is 0 Å². The van der Waals surface area contributed by atoms with Crippen molar-refractivity contribution < 1.29 is 9.53 Å². The number of benzene rings is 1. The highest BCUT2D eigenvalue weighted by atomic mass is 32.2. The second kappa shape index (κ2) is 5.67. The molecule has 4 heteroatoms. The summed E-state index contributed by atoms with van der Waals surface area (Å²) in [5, 5.41) is 0. The second-order valence-corrected chi connectivity index (χ2v) is 3.76. The molecule has 3 nitrogen and oxygen atoms in total. The third kappa shape index (κ3) is 2.75. The Kier molecular flexibility index (Phi) is 4.49. The van der Waals surface area contributed by atoms with Crippen LogP contribution in [0.4, 0.5) is 0 Å². The first-order valence-electron chi connectivity index (χ1n) is 4.29. The number of esters is 1. The molecule has 1 rings (SSSR count). The fraction of sp³-hybridized carbons (Fsp3) is 0.300. The molecule has 0 saturated heterocycles. The summed E-state index contributed by atoms with van der Waals surface area (Å²) in [4.78, 5) is 12.3. The largest absolute Gasteiger partial charge is 0.465 e. The fourth-order valence-electron chi connectivity index (χ4n) is 1.04. The van der Waals surface area contributed by atoms with Crippen LogP contribution in [-0.2, 0) is 4.74 Å². The summed E-state index contributed by atoms with van der Waals surface area (Å²) in [5.41, 5.74) is 6.00. The van der Waals surface area contributed by atoms with E-state index in [1.807, 2.05) is 18.2 Å². The molecule has 0 atom stereocenters. The Labute approximate surface area is 87.6 Å². The van der Waals surface area contributed by atoms with Gasteiger partial charge in [-0.1, -0.05) is 12.1 Å². The molecule has 0 heterocycles. The van der Waals surface area contributed by atoms with Gasteiger partial charge < -0.3 is 10.5 Å². The van der Waals surface area contributed by atoms with E-state index in [0.29, 0.717) is 12.1 Å². The molecule has 0 unspecified atom stereocenters. The molecule has 1 aromatic rings. The van der Waals surface area contributed by atoms with Gasteiger partial charge in [-0.2, -0.15) is 0 Å². The van der Waals surface area contributed by atoms with Crippen LogP contribution in [-0.4, -0.2) is 25.4 Å². The molecule has 14 heavy (non-hydrogen) atoms. The summed E-state index contributed by atoms with van der Waals surface area (Å²) in [5.74, 6) is 0.499. The Hall–Kier alpha value is -1.00. The molecular weight excluding hydrogens is 198 g/mol. The van der Waals surface area contributed by atoms with Gasteiger partial charge in [0.2, 0.25) is 0 Å². The van der Waals surface area contributed by atoms with Gasteiger partial charge in [-0.05, 0) is 12.1 Å².